The third kappa shape index (κ3) is 11.7. The Bertz CT molecular complexity index is 1230. The molecule has 1 aromatic carbocycles. The van der Waals surface area contributed by atoms with E-state index in [0.29, 0.717) is 72.6 Å². The molecule has 0 radical (unpaired) electrons. The van der Waals surface area contributed by atoms with Crippen LogP contribution in [0.15, 0.2) is 54.2 Å². The lowest BCUT2D eigenvalue weighted by Gasteiger charge is -2.26. The molecule has 1 aliphatic heterocycles. The Hall–Kier alpha value is -2.96. The van der Waals surface area contributed by atoms with Crippen LogP contribution >= 0.6 is 0 Å². The standard InChI is InChI=1S/C39H56O6/c1-5-9-31(28(4)40)17-18-33-25-38(43)35(14-8-11-29-19-21-45-22-20-29)36(39(33)44)26-37(42)32(24-34(41)10-6-2)13-7-12-30-16-15-27(3)23-30/h5,9,15-16,23,25,29-30,32,37,42-44H,1,6-8,10-14,17-22,24,26H2,2-4H3/b31-9-. The van der Waals surface area contributed by atoms with Crippen molar-refractivity contribution >= 4 is 11.6 Å². The zero-order valence-corrected chi connectivity index (χ0v) is 27.9. The number of phenolic OH excluding ortho intramolecular Hbond substituents is 2. The number of aryl methyl sites for hydroxylation is 1. The Morgan fingerprint density at radius 2 is 1.84 bits per heavy atom. The van der Waals surface area contributed by atoms with Gasteiger partial charge in [0.05, 0.1) is 6.10 Å². The topological polar surface area (TPSA) is 104 Å². The van der Waals surface area contributed by atoms with Crippen molar-refractivity contribution in [3.05, 3.63) is 70.9 Å². The quantitative estimate of drug-likeness (QED) is 0.0774. The maximum absolute atomic E-state index is 12.8. The number of aliphatic hydroxyl groups excluding tert-OH is 1. The molecule has 1 aliphatic carbocycles. The lowest BCUT2D eigenvalue weighted by atomic mass is 9.83. The SMILES string of the molecule is C=C/C=C(/CCc1cc(O)c(CCCC2CCOCC2)c(CC(O)C(CCCC2C=CC(C)=C2)CC(=O)CCC)c1O)C(C)=O. The van der Waals surface area contributed by atoms with E-state index in [-0.39, 0.29) is 35.4 Å². The van der Waals surface area contributed by atoms with Crippen LogP contribution < -0.4 is 0 Å². The molecule has 3 N–H and O–H groups in total. The number of ether oxygens (including phenoxy) is 1. The number of ketones is 2. The van der Waals surface area contributed by atoms with E-state index in [1.165, 1.54) is 12.5 Å². The van der Waals surface area contributed by atoms with Crippen LogP contribution in [0.1, 0.15) is 108 Å². The molecule has 3 unspecified atom stereocenters. The second-order valence-corrected chi connectivity index (χ2v) is 13.2. The van der Waals surface area contributed by atoms with Gasteiger partial charge in [-0.15, -0.1) is 0 Å². The molecule has 0 aromatic heterocycles. The van der Waals surface area contributed by atoms with Crippen molar-refractivity contribution in [2.45, 2.75) is 117 Å². The Morgan fingerprint density at radius 3 is 2.49 bits per heavy atom. The second-order valence-electron chi connectivity index (χ2n) is 13.2. The highest BCUT2D eigenvalue weighted by atomic mass is 16.5. The van der Waals surface area contributed by atoms with Crippen molar-refractivity contribution in [2.24, 2.45) is 17.8 Å². The number of carbonyl (C=O) groups excluding carboxylic acids is 2. The Labute approximate surface area is 271 Å². The molecule has 0 bridgehead atoms. The highest BCUT2D eigenvalue weighted by Gasteiger charge is 2.27. The highest BCUT2D eigenvalue weighted by molar-refractivity contribution is 5.93. The number of benzene rings is 1. The van der Waals surface area contributed by atoms with Crippen molar-refractivity contribution in [1.29, 1.82) is 0 Å². The summed E-state index contributed by atoms with van der Waals surface area (Å²) in [5.74, 6) is 1.03. The predicted octanol–water partition coefficient (Wildman–Crippen LogP) is 8.06. The minimum Gasteiger partial charge on any atom is -0.508 e. The monoisotopic (exact) mass is 620 g/mol. The molecule has 1 aromatic rings. The first-order chi connectivity index (χ1) is 21.6. The normalized spacial score (nSPS) is 18.5. The van der Waals surface area contributed by atoms with Gasteiger partial charge in [-0.25, -0.2) is 0 Å². The summed E-state index contributed by atoms with van der Waals surface area (Å²) in [7, 11) is 0. The predicted molar refractivity (Wildman–Crippen MR) is 182 cm³/mol. The Morgan fingerprint density at radius 1 is 1.09 bits per heavy atom. The van der Waals surface area contributed by atoms with Gasteiger partial charge in [-0.1, -0.05) is 55.9 Å². The zero-order chi connectivity index (χ0) is 32.8. The van der Waals surface area contributed by atoms with E-state index in [2.05, 4.69) is 31.7 Å². The molecule has 1 heterocycles. The van der Waals surface area contributed by atoms with E-state index < -0.39 is 6.10 Å². The van der Waals surface area contributed by atoms with E-state index in [1.54, 1.807) is 18.2 Å². The summed E-state index contributed by atoms with van der Waals surface area (Å²) in [4.78, 5) is 24.9. The van der Waals surface area contributed by atoms with Crippen LogP contribution in [0, 0.1) is 17.8 Å². The minimum atomic E-state index is -0.842. The average molecular weight is 621 g/mol. The molecule has 45 heavy (non-hydrogen) atoms. The molecule has 1 saturated heterocycles. The molecule has 2 aliphatic rings. The fourth-order valence-corrected chi connectivity index (χ4v) is 6.89. The summed E-state index contributed by atoms with van der Waals surface area (Å²) in [6.07, 6.45) is 18.6. The van der Waals surface area contributed by atoms with E-state index in [0.717, 1.165) is 58.2 Å². The third-order valence-corrected chi connectivity index (χ3v) is 9.56. The highest BCUT2D eigenvalue weighted by Crippen LogP contribution is 2.38. The van der Waals surface area contributed by atoms with Gasteiger partial charge < -0.3 is 20.1 Å². The lowest BCUT2D eigenvalue weighted by Crippen LogP contribution is -2.26. The van der Waals surface area contributed by atoms with E-state index >= 15 is 0 Å². The van der Waals surface area contributed by atoms with Crippen LogP contribution in [0.3, 0.4) is 0 Å². The van der Waals surface area contributed by atoms with Crippen molar-refractivity contribution in [1.82, 2.24) is 0 Å². The molecule has 248 valence electrons. The van der Waals surface area contributed by atoms with Crippen molar-refractivity contribution < 1.29 is 29.6 Å². The molecular weight excluding hydrogens is 564 g/mol. The molecule has 0 amide bonds. The van der Waals surface area contributed by atoms with Gasteiger partial charge in [0.2, 0.25) is 0 Å². The number of hydrogen-bond donors (Lipinski definition) is 3. The van der Waals surface area contributed by atoms with Gasteiger partial charge in [0.15, 0.2) is 5.78 Å². The van der Waals surface area contributed by atoms with Gasteiger partial charge in [0.25, 0.3) is 0 Å². The lowest BCUT2D eigenvalue weighted by molar-refractivity contribution is -0.121. The fraction of sp³-hybridized carbons (Fsp3) is 0.590. The summed E-state index contributed by atoms with van der Waals surface area (Å²) in [6.45, 7) is 10.9. The van der Waals surface area contributed by atoms with Gasteiger partial charge >= 0.3 is 0 Å². The molecule has 3 rings (SSSR count). The average Bonchev–Trinajstić information content (AvgIpc) is 3.43. The number of aliphatic hydroxyl groups is 1. The van der Waals surface area contributed by atoms with Crippen LogP contribution in [-0.2, 0) is 33.6 Å². The van der Waals surface area contributed by atoms with Gasteiger partial charge in [-0.05, 0) is 113 Å². The van der Waals surface area contributed by atoms with Crippen molar-refractivity contribution in [3.8, 4) is 11.5 Å². The van der Waals surface area contributed by atoms with E-state index in [1.807, 2.05) is 6.92 Å². The minimum absolute atomic E-state index is 0.0580. The maximum atomic E-state index is 12.8. The Kier molecular flexibility index (Phi) is 15.3. The molecule has 1 fully saturated rings. The number of allylic oxidation sites excluding steroid dienone is 7. The van der Waals surface area contributed by atoms with Crippen LogP contribution in [-0.4, -0.2) is 46.2 Å². The molecule has 6 nitrogen and oxygen atoms in total. The number of rotatable bonds is 20. The molecule has 0 spiro atoms. The van der Waals surface area contributed by atoms with Gasteiger partial charge in [-0.2, -0.15) is 0 Å². The fourth-order valence-electron chi connectivity index (χ4n) is 6.89. The number of aromatic hydroxyl groups is 2. The second kappa shape index (κ2) is 18.9. The van der Waals surface area contributed by atoms with Crippen molar-refractivity contribution in [3.63, 3.8) is 0 Å². The summed E-state index contributed by atoms with van der Waals surface area (Å²) >= 11 is 0. The van der Waals surface area contributed by atoms with Gasteiger partial charge in [-0.3, -0.25) is 9.59 Å². The third-order valence-electron chi connectivity index (χ3n) is 9.56. The van der Waals surface area contributed by atoms with Crippen LogP contribution in [0.4, 0.5) is 0 Å². The summed E-state index contributed by atoms with van der Waals surface area (Å²) in [5, 5.41) is 34.6. The van der Waals surface area contributed by atoms with Gasteiger partial charge in [0.1, 0.15) is 17.3 Å². The van der Waals surface area contributed by atoms with Crippen LogP contribution in [0.25, 0.3) is 0 Å². The summed E-state index contributed by atoms with van der Waals surface area (Å²) < 4.78 is 5.51. The van der Waals surface area contributed by atoms with E-state index in [4.69, 9.17) is 4.74 Å². The first-order valence-corrected chi connectivity index (χ1v) is 17.1. The zero-order valence-electron chi connectivity index (χ0n) is 27.9. The number of carbonyl (C=O) groups is 2. The van der Waals surface area contributed by atoms with Crippen LogP contribution in [0.5, 0.6) is 11.5 Å². The molecular formula is C39H56O6. The molecule has 3 atom stereocenters. The molecule has 6 heteroatoms. The number of Topliss-reactive ketones (excluding diaryl/α,β-unsaturated/α-hetero) is 2. The number of hydrogen-bond acceptors (Lipinski definition) is 6. The smallest absolute Gasteiger partial charge is 0.155 e. The summed E-state index contributed by atoms with van der Waals surface area (Å²) in [5.41, 5.74) is 3.65. The maximum Gasteiger partial charge on any atom is 0.155 e. The Balaban J connectivity index is 1.85. The summed E-state index contributed by atoms with van der Waals surface area (Å²) in [6, 6.07) is 1.62. The first kappa shape index (κ1) is 36.5. The largest absolute Gasteiger partial charge is 0.508 e. The number of phenols is 2. The van der Waals surface area contributed by atoms with Crippen LogP contribution in [0.2, 0.25) is 0 Å². The van der Waals surface area contributed by atoms with Crippen molar-refractivity contribution in [2.75, 3.05) is 13.2 Å². The molecule has 0 saturated carbocycles. The first-order valence-electron chi connectivity index (χ1n) is 17.1. The van der Waals surface area contributed by atoms with E-state index in [9.17, 15) is 24.9 Å². The van der Waals surface area contributed by atoms with Gasteiger partial charge in [0, 0.05) is 43.6 Å².